The van der Waals surface area contributed by atoms with Crippen LogP contribution >= 0.6 is 0 Å². The van der Waals surface area contributed by atoms with Crippen molar-refractivity contribution in [1.29, 1.82) is 0 Å². The summed E-state index contributed by atoms with van der Waals surface area (Å²) >= 11 is 0. The van der Waals surface area contributed by atoms with Gasteiger partial charge in [0.25, 0.3) is 17.4 Å². The third-order valence-electron chi connectivity index (χ3n) is 5.30. The Morgan fingerprint density at radius 2 is 1.91 bits per heavy atom. The number of benzene rings is 2. The number of aliphatic hydroxyl groups excluding tert-OH is 1. The first-order valence-corrected chi connectivity index (χ1v) is 10.1. The van der Waals surface area contributed by atoms with Crippen LogP contribution in [0.4, 0.5) is 5.69 Å². The molecule has 32 heavy (non-hydrogen) atoms. The molecule has 0 aromatic heterocycles. The number of likely N-dealkylation sites (tertiary alicyclic amines) is 1. The van der Waals surface area contributed by atoms with Crippen molar-refractivity contribution >= 4 is 23.1 Å². The molecule has 2 aromatic rings. The van der Waals surface area contributed by atoms with Crippen LogP contribution in [0.1, 0.15) is 23.6 Å². The third kappa shape index (κ3) is 4.47. The van der Waals surface area contributed by atoms with E-state index < -0.39 is 22.7 Å². The van der Waals surface area contributed by atoms with Gasteiger partial charge in [0.05, 0.1) is 29.2 Å². The topological polar surface area (TPSA) is 113 Å². The SMILES string of the molecule is COc1ccccc1/C(O)=C1\C(=O)C(=O)N(CCCN(C)C)C1c1cccc([N+](=O)[O-])c1. The number of rotatable bonds is 8. The monoisotopic (exact) mass is 439 g/mol. The minimum Gasteiger partial charge on any atom is -0.507 e. The first-order chi connectivity index (χ1) is 15.3. The zero-order chi connectivity index (χ0) is 23.4. The lowest BCUT2D eigenvalue weighted by atomic mass is 9.94. The lowest BCUT2D eigenvalue weighted by Gasteiger charge is -2.26. The fourth-order valence-electron chi connectivity index (χ4n) is 3.81. The van der Waals surface area contributed by atoms with E-state index in [0.717, 1.165) is 0 Å². The predicted octanol–water partition coefficient (Wildman–Crippen LogP) is 2.98. The van der Waals surface area contributed by atoms with Crippen LogP contribution in [-0.2, 0) is 9.59 Å². The van der Waals surface area contributed by atoms with Crippen molar-refractivity contribution in [3.63, 3.8) is 0 Å². The molecule has 3 rings (SSSR count). The van der Waals surface area contributed by atoms with Crippen molar-refractivity contribution < 1.29 is 24.4 Å². The molecule has 9 heteroatoms. The Hall–Kier alpha value is -3.72. The quantitative estimate of drug-likeness (QED) is 0.221. The Labute approximate surface area is 185 Å². The number of hydrogen-bond donors (Lipinski definition) is 1. The van der Waals surface area contributed by atoms with Gasteiger partial charge in [0.1, 0.15) is 11.5 Å². The molecule has 0 radical (unpaired) electrons. The summed E-state index contributed by atoms with van der Waals surface area (Å²) in [6.45, 7) is 0.927. The van der Waals surface area contributed by atoms with Gasteiger partial charge in [-0.3, -0.25) is 19.7 Å². The van der Waals surface area contributed by atoms with Crippen molar-refractivity contribution in [2.75, 3.05) is 34.3 Å². The number of methoxy groups -OCH3 is 1. The second-order valence-electron chi connectivity index (χ2n) is 7.70. The van der Waals surface area contributed by atoms with Gasteiger partial charge < -0.3 is 19.6 Å². The molecule has 1 saturated heterocycles. The number of ketones is 1. The molecule has 168 valence electrons. The summed E-state index contributed by atoms with van der Waals surface area (Å²) in [5.74, 6) is -1.64. The lowest BCUT2D eigenvalue weighted by molar-refractivity contribution is -0.384. The van der Waals surface area contributed by atoms with Gasteiger partial charge >= 0.3 is 0 Å². The number of para-hydroxylation sites is 1. The summed E-state index contributed by atoms with van der Waals surface area (Å²) in [6, 6.07) is 11.4. The van der Waals surface area contributed by atoms with Gasteiger partial charge in [0.15, 0.2) is 0 Å². The Balaban J connectivity index is 2.17. The number of ether oxygens (including phenoxy) is 1. The minimum absolute atomic E-state index is 0.121. The van der Waals surface area contributed by atoms with Crippen LogP contribution in [0.15, 0.2) is 54.1 Å². The number of nitrogens with zero attached hydrogens (tertiary/aromatic N) is 3. The summed E-state index contributed by atoms with van der Waals surface area (Å²) in [5, 5.41) is 22.4. The molecule has 1 amide bonds. The minimum atomic E-state index is -0.957. The van der Waals surface area contributed by atoms with Crippen LogP contribution in [0.3, 0.4) is 0 Å². The molecule has 1 unspecified atom stereocenters. The molecule has 1 atom stereocenters. The highest BCUT2D eigenvalue weighted by Crippen LogP contribution is 2.41. The molecule has 1 heterocycles. The van der Waals surface area contributed by atoms with E-state index in [-0.39, 0.29) is 29.1 Å². The van der Waals surface area contributed by atoms with E-state index in [9.17, 15) is 24.8 Å². The zero-order valence-corrected chi connectivity index (χ0v) is 18.1. The number of Topliss-reactive ketones (excluding diaryl/α,β-unsaturated/α-hetero) is 1. The Morgan fingerprint density at radius 3 is 2.56 bits per heavy atom. The highest BCUT2D eigenvalue weighted by Gasteiger charge is 2.46. The first-order valence-electron chi connectivity index (χ1n) is 10.1. The maximum absolute atomic E-state index is 13.0. The molecule has 9 nitrogen and oxygen atoms in total. The molecular weight excluding hydrogens is 414 g/mol. The normalized spacial score (nSPS) is 17.8. The average molecular weight is 439 g/mol. The van der Waals surface area contributed by atoms with E-state index in [0.29, 0.717) is 24.3 Å². The fraction of sp³-hybridized carbons (Fsp3) is 0.304. The highest BCUT2D eigenvalue weighted by atomic mass is 16.6. The summed E-state index contributed by atoms with van der Waals surface area (Å²) in [4.78, 5) is 40.1. The first kappa shape index (κ1) is 23.0. The number of carbonyl (C=O) groups is 2. The molecule has 1 aliphatic rings. The lowest BCUT2D eigenvalue weighted by Crippen LogP contribution is -2.32. The highest BCUT2D eigenvalue weighted by molar-refractivity contribution is 6.46. The molecule has 0 aliphatic carbocycles. The zero-order valence-electron chi connectivity index (χ0n) is 18.1. The molecule has 1 N–H and O–H groups in total. The maximum atomic E-state index is 13.0. The van der Waals surface area contributed by atoms with Gasteiger partial charge in [0, 0.05) is 18.7 Å². The van der Waals surface area contributed by atoms with Gasteiger partial charge in [-0.15, -0.1) is 0 Å². The van der Waals surface area contributed by atoms with E-state index in [1.54, 1.807) is 30.3 Å². The number of carbonyl (C=O) groups excluding carboxylic acids is 2. The van der Waals surface area contributed by atoms with E-state index >= 15 is 0 Å². The second-order valence-corrected chi connectivity index (χ2v) is 7.70. The van der Waals surface area contributed by atoms with Crippen LogP contribution in [0.5, 0.6) is 5.75 Å². The predicted molar refractivity (Wildman–Crippen MR) is 118 cm³/mol. The molecule has 2 aromatic carbocycles. The van der Waals surface area contributed by atoms with Gasteiger partial charge in [-0.2, -0.15) is 0 Å². The number of hydrogen-bond acceptors (Lipinski definition) is 7. The summed E-state index contributed by atoms with van der Waals surface area (Å²) in [5.41, 5.74) is 0.347. The summed E-state index contributed by atoms with van der Waals surface area (Å²) < 4.78 is 5.30. The molecule has 1 aliphatic heterocycles. The van der Waals surface area contributed by atoms with Crippen molar-refractivity contribution in [2.45, 2.75) is 12.5 Å². The molecule has 1 fully saturated rings. The molecule has 0 bridgehead atoms. The van der Waals surface area contributed by atoms with E-state index in [4.69, 9.17) is 4.74 Å². The largest absolute Gasteiger partial charge is 0.507 e. The van der Waals surface area contributed by atoms with Crippen LogP contribution in [0.2, 0.25) is 0 Å². The maximum Gasteiger partial charge on any atom is 0.295 e. The number of non-ortho nitro benzene ring substituents is 1. The van der Waals surface area contributed by atoms with Gasteiger partial charge in [0.2, 0.25) is 0 Å². The number of nitro groups is 1. The number of amides is 1. The van der Waals surface area contributed by atoms with E-state index in [2.05, 4.69) is 0 Å². The average Bonchev–Trinajstić information content (AvgIpc) is 3.03. The van der Waals surface area contributed by atoms with Gasteiger partial charge in [-0.1, -0.05) is 24.3 Å². The fourth-order valence-corrected chi connectivity index (χ4v) is 3.81. The van der Waals surface area contributed by atoms with Crippen LogP contribution < -0.4 is 4.74 Å². The van der Waals surface area contributed by atoms with Gasteiger partial charge in [-0.25, -0.2) is 0 Å². The van der Waals surface area contributed by atoms with Crippen molar-refractivity contribution in [3.8, 4) is 5.75 Å². The Morgan fingerprint density at radius 1 is 1.19 bits per heavy atom. The van der Waals surface area contributed by atoms with E-state index in [1.165, 1.54) is 30.2 Å². The van der Waals surface area contributed by atoms with Crippen molar-refractivity contribution in [2.24, 2.45) is 0 Å². The van der Waals surface area contributed by atoms with Crippen LogP contribution in [0.25, 0.3) is 5.76 Å². The van der Waals surface area contributed by atoms with E-state index in [1.807, 2.05) is 19.0 Å². The van der Waals surface area contributed by atoms with Crippen molar-refractivity contribution in [3.05, 3.63) is 75.3 Å². The smallest absolute Gasteiger partial charge is 0.295 e. The molecule has 0 spiro atoms. The molecular formula is C23H25N3O6. The standard InChI is InChI=1S/C23H25N3O6/c1-24(2)12-7-13-25-20(15-8-6-9-16(14-15)26(30)31)19(22(28)23(25)29)21(27)17-10-4-5-11-18(17)32-3/h4-6,8-11,14,20,27H,7,12-13H2,1-3H3/b21-19+. The number of aliphatic hydroxyl groups is 1. The van der Waals surface area contributed by atoms with Crippen LogP contribution in [-0.4, -0.2) is 65.8 Å². The third-order valence-corrected chi connectivity index (χ3v) is 5.30. The number of nitro benzene ring substituents is 1. The Kier molecular flexibility index (Phi) is 6.89. The summed E-state index contributed by atoms with van der Waals surface area (Å²) in [7, 11) is 5.23. The summed E-state index contributed by atoms with van der Waals surface area (Å²) in [6.07, 6.45) is 0.583. The molecule has 0 saturated carbocycles. The van der Waals surface area contributed by atoms with Crippen molar-refractivity contribution in [1.82, 2.24) is 9.80 Å². The second kappa shape index (κ2) is 9.61. The van der Waals surface area contributed by atoms with Gasteiger partial charge in [-0.05, 0) is 44.8 Å². The Bertz CT molecular complexity index is 1080. The van der Waals surface area contributed by atoms with Crippen LogP contribution in [0, 0.1) is 10.1 Å².